The van der Waals surface area contributed by atoms with Gasteiger partial charge in [0.15, 0.2) is 0 Å². The van der Waals surface area contributed by atoms with Gasteiger partial charge in [-0.2, -0.15) is 5.10 Å². The van der Waals surface area contributed by atoms with E-state index in [1.807, 2.05) is 6.92 Å². The van der Waals surface area contributed by atoms with E-state index in [9.17, 15) is 4.79 Å². The molecular formula is C8H12N2O2. The average Bonchev–Trinajstić information content (AvgIpc) is 2.37. The number of carboxylic acids is 1. The third-order valence-electron chi connectivity index (χ3n) is 1.83. The van der Waals surface area contributed by atoms with Crippen molar-refractivity contribution in [3.63, 3.8) is 0 Å². The number of aryl methyl sites for hydroxylation is 1. The molecule has 4 heteroatoms. The summed E-state index contributed by atoms with van der Waals surface area (Å²) >= 11 is 0. The van der Waals surface area contributed by atoms with E-state index in [-0.39, 0.29) is 0 Å². The molecule has 1 aromatic rings. The van der Waals surface area contributed by atoms with Crippen molar-refractivity contribution < 1.29 is 9.90 Å². The van der Waals surface area contributed by atoms with Crippen LogP contribution in [0.5, 0.6) is 0 Å². The summed E-state index contributed by atoms with van der Waals surface area (Å²) in [7, 11) is 1.78. The number of nitrogens with zero attached hydrogens (tertiary/aromatic N) is 2. The third kappa shape index (κ3) is 1.64. The van der Waals surface area contributed by atoms with Crippen LogP contribution in [0.15, 0.2) is 12.4 Å². The zero-order valence-corrected chi connectivity index (χ0v) is 7.19. The van der Waals surface area contributed by atoms with Crippen molar-refractivity contribution >= 4 is 5.97 Å². The van der Waals surface area contributed by atoms with E-state index in [0.29, 0.717) is 6.42 Å². The number of hydrogen-bond acceptors (Lipinski definition) is 2. The zero-order chi connectivity index (χ0) is 9.14. The molecule has 12 heavy (non-hydrogen) atoms. The summed E-state index contributed by atoms with van der Waals surface area (Å²) in [5.74, 6) is -1.20. The molecule has 0 saturated heterocycles. The molecule has 1 N–H and O–H groups in total. The van der Waals surface area contributed by atoms with Crippen LogP contribution in [0.3, 0.4) is 0 Å². The molecule has 0 radical (unpaired) electrons. The quantitative estimate of drug-likeness (QED) is 0.732. The van der Waals surface area contributed by atoms with Gasteiger partial charge >= 0.3 is 5.97 Å². The summed E-state index contributed by atoms with van der Waals surface area (Å²) in [4.78, 5) is 10.7. The highest BCUT2D eigenvalue weighted by Crippen LogP contribution is 2.18. The number of carboxylic acid groups (broad SMARTS) is 1. The number of hydrogen-bond donors (Lipinski definition) is 1. The lowest BCUT2D eigenvalue weighted by molar-refractivity contribution is -0.138. The second-order valence-corrected chi connectivity index (χ2v) is 2.75. The molecule has 1 aromatic heterocycles. The van der Waals surface area contributed by atoms with Gasteiger partial charge in [-0.05, 0) is 6.42 Å². The minimum atomic E-state index is -0.787. The highest BCUT2D eigenvalue weighted by molar-refractivity contribution is 5.75. The first-order valence-corrected chi connectivity index (χ1v) is 3.86. The molecule has 0 amide bonds. The molecule has 0 bridgehead atoms. The second kappa shape index (κ2) is 3.38. The Morgan fingerprint density at radius 1 is 1.83 bits per heavy atom. The molecule has 66 valence electrons. The molecule has 0 spiro atoms. The molecule has 0 aliphatic rings. The Morgan fingerprint density at radius 3 is 2.83 bits per heavy atom. The van der Waals surface area contributed by atoms with E-state index in [1.54, 1.807) is 24.1 Å². The monoisotopic (exact) mass is 168 g/mol. The number of carbonyl (C=O) groups is 1. The van der Waals surface area contributed by atoms with E-state index in [4.69, 9.17) is 5.11 Å². The largest absolute Gasteiger partial charge is 0.481 e. The third-order valence-corrected chi connectivity index (χ3v) is 1.83. The molecule has 0 aliphatic carbocycles. The Kier molecular flexibility index (Phi) is 2.47. The van der Waals surface area contributed by atoms with Crippen molar-refractivity contribution in [1.29, 1.82) is 0 Å². The van der Waals surface area contributed by atoms with Crippen molar-refractivity contribution in [3.05, 3.63) is 18.0 Å². The number of aliphatic carboxylic acids is 1. The minimum absolute atomic E-state index is 0.418. The van der Waals surface area contributed by atoms with Crippen LogP contribution in [0.25, 0.3) is 0 Å². The van der Waals surface area contributed by atoms with Gasteiger partial charge in [-0.15, -0.1) is 0 Å². The van der Waals surface area contributed by atoms with E-state index < -0.39 is 11.9 Å². The van der Waals surface area contributed by atoms with Crippen LogP contribution in [0.1, 0.15) is 24.8 Å². The molecule has 0 saturated carbocycles. The standard InChI is InChI=1S/C8H12N2O2/c1-3-7(8(11)12)6-4-9-10(2)5-6/h4-5,7H,3H2,1-2H3,(H,11,12). The van der Waals surface area contributed by atoms with Crippen LogP contribution < -0.4 is 0 Å². The van der Waals surface area contributed by atoms with Crippen molar-refractivity contribution in [2.24, 2.45) is 7.05 Å². The first kappa shape index (κ1) is 8.77. The van der Waals surface area contributed by atoms with Gasteiger partial charge < -0.3 is 5.11 Å². The maximum absolute atomic E-state index is 10.7. The Balaban J connectivity index is 2.87. The highest BCUT2D eigenvalue weighted by atomic mass is 16.4. The molecule has 1 rings (SSSR count). The molecule has 1 heterocycles. The van der Waals surface area contributed by atoms with E-state index in [2.05, 4.69) is 5.10 Å². The van der Waals surface area contributed by atoms with Gasteiger partial charge in [0.2, 0.25) is 0 Å². The summed E-state index contributed by atoms with van der Waals surface area (Å²) < 4.78 is 1.61. The van der Waals surface area contributed by atoms with Gasteiger partial charge in [0.05, 0.1) is 12.1 Å². The minimum Gasteiger partial charge on any atom is -0.481 e. The fourth-order valence-corrected chi connectivity index (χ4v) is 1.17. The van der Waals surface area contributed by atoms with Crippen LogP contribution in [-0.4, -0.2) is 20.9 Å². The Morgan fingerprint density at radius 2 is 2.50 bits per heavy atom. The molecular weight excluding hydrogens is 156 g/mol. The van der Waals surface area contributed by atoms with Gasteiger partial charge in [0.25, 0.3) is 0 Å². The maximum atomic E-state index is 10.7. The summed E-state index contributed by atoms with van der Waals surface area (Å²) in [6, 6.07) is 0. The van der Waals surface area contributed by atoms with Crippen molar-refractivity contribution in [1.82, 2.24) is 9.78 Å². The first-order valence-electron chi connectivity index (χ1n) is 3.86. The number of rotatable bonds is 3. The van der Waals surface area contributed by atoms with Crippen molar-refractivity contribution in [2.45, 2.75) is 19.3 Å². The summed E-state index contributed by atoms with van der Waals surface area (Å²) in [5.41, 5.74) is 0.771. The van der Waals surface area contributed by atoms with Crippen molar-refractivity contribution in [2.75, 3.05) is 0 Å². The smallest absolute Gasteiger partial charge is 0.311 e. The SMILES string of the molecule is CCC(C(=O)O)c1cnn(C)c1. The van der Waals surface area contributed by atoms with Gasteiger partial charge in [0.1, 0.15) is 0 Å². The highest BCUT2D eigenvalue weighted by Gasteiger charge is 2.18. The average molecular weight is 168 g/mol. The first-order chi connectivity index (χ1) is 5.65. The maximum Gasteiger partial charge on any atom is 0.311 e. The molecule has 4 nitrogen and oxygen atoms in total. The van der Waals surface area contributed by atoms with Gasteiger partial charge in [-0.1, -0.05) is 6.92 Å². The van der Waals surface area contributed by atoms with Gasteiger partial charge in [0, 0.05) is 18.8 Å². The van der Waals surface area contributed by atoms with E-state index in [1.165, 1.54) is 0 Å². The lowest BCUT2D eigenvalue weighted by Crippen LogP contribution is -2.09. The predicted octanol–water partition coefficient (Wildman–Crippen LogP) is 0.998. The number of aromatic nitrogens is 2. The van der Waals surface area contributed by atoms with Crippen LogP contribution >= 0.6 is 0 Å². The van der Waals surface area contributed by atoms with Crippen LogP contribution in [0, 0.1) is 0 Å². The second-order valence-electron chi connectivity index (χ2n) is 2.75. The molecule has 0 fully saturated rings. The molecule has 0 aromatic carbocycles. The fraction of sp³-hybridized carbons (Fsp3) is 0.500. The lowest BCUT2D eigenvalue weighted by atomic mass is 10.0. The van der Waals surface area contributed by atoms with E-state index in [0.717, 1.165) is 5.56 Å². The van der Waals surface area contributed by atoms with E-state index >= 15 is 0 Å². The fourth-order valence-electron chi connectivity index (χ4n) is 1.17. The predicted molar refractivity (Wildman–Crippen MR) is 43.9 cm³/mol. The van der Waals surface area contributed by atoms with Gasteiger partial charge in [-0.25, -0.2) is 0 Å². The topological polar surface area (TPSA) is 55.1 Å². The molecule has 1 atom stereocenters. The van der Waals surface area contributed by atoms with Crippen LogP contribution in [0.4, 0.5) is 0 Å². The molecule has 0 aliphatic heterocycles. The summed E-state index contributed by atoms with van der Waals surface area (Å²) in [6.45, 7) is 1.85. The van der Waals surface area contributed by atoms with Crippen LogP contribution in [-0.2, 0) is 11.8 Å². The van der Waals surface area contributed by atoms with Crippen molar-refractivity contribution in [3.8, 4) is 0 Å². The van der Waals surface area contributed by atoms with Gasteiger partial charge in [-0.3, -0.25) is 9.48 Å². The van der Waals surface area contributed by atoms with Crippen LogP contribution in [0.2, 0.25) is 0 Å². The Bertz CT molecular complexity index is 280. The Hall–Kier alpha value is -1.32. The Labute approximate surface area is 70.8 Å². The zero-order valence-electron chi connectivity index (χ0n) is 7.19. The molecule has 1 unspecified atom stereocenters. The summed E-state index contributed by atoms with van der Waals surface area (Å²) in [6.07, 6.45) is 3.94. The normalized spacial score (nSPS) is 12.8. The lowest BCUT2D eigenvalue weighted by Gasteiger charge is -2.04. The summed E-state index contributed by atoms with van der Waals surface area (Å²) in [5, 5.41) is 12.7.